The third kappa shape index (κ3) is 3.23. The molecule has 0 saturated carbocycles. The fourth-order valence-corrected chi connectivity index (χ4v) is 1.93. The molecule has 0 fully saturated rings. The zero-order chi connectivity index (χ0) is 14.6. The highest BCUT2D eigenvalue weighted by molar-refractivity contribution is 6.19. The van der Waals surface area contributed by atoms with Gasteiger partial charge in [-0.05, 0) is 31.5 Å². The normalized spacial score (nSPS) is 12.9. The average molecular weight is 292 g/mol. The molecule has 0 aliphatic heterocycles. The van der Waals surface area contributed by atoms with Crippen LogP contribution in [0.1, 0.15) is 31.2 Å². The Hall–Kier alpha value is -1.74. The van der Waals surface area contributed by atoms with Gasteiger partial charge in [-0.15, -0.1) is 11.6 Å². The smallest absolute Gasteiger partial charge is 0.227 e. The molecule has 1 heterocycles. The molecular weight excluding hydrogens is 274 g/mol. The largest absolute Gasteiger partial charge is 0.467 e. The van der Waals surface area contributed by atoms with Crippen LogP contribution >= 0.6 is 11.6 Å². The highest BCUT2D eigenvalue weighted by Gasteiger charge is 2.30. The number of furan rings is 1. The first-order valence-electron chi connectivity index (χ1n) is 6.50. The summed E-state index contributed by atoms with van der Waals surface area (Å²) >= 11 is 5.86. The molecule has 1 aromatic heterocycles. The van der Waals surface area contributed by atoms with Crippen LogP contribution in [-0.2, 0) is 4.79 Å². The number of amides is 1. The molecule has 0 radical (unpaired) electrons. The minimum absolute atomic E-state index is 0.0993. The maximum atomic E-state index is 12.3. The summed E-state index contributed by atoms with van der Waals surface area (Å²) in [5.41, 5.74) is 0.349. The van der Waals surface area contributed by atoms with Crippen molar-refractivity contribution in [3.05, 3.63) is 60.1 Å². The van der Waals surface area contributed by atoms with Crippen LogP contribution in [0, 0.1) is 5.41 Å². The second-order valence-corrected chi connectivity index (χ2v) is 5.62. The van der Waals surface area contributed by atoms with E-state index < -0.39 is 5.41 Å². The number of rotatable bonds is 5. The summed E-state index contributed by atoms with van der Waals surface area (Å²) in [5, 5.41) is 3.01. The molecule has 106 valence electrons. The first kappa shape index (κ1) is 14.7. The first-order valence-corrected chi connectivity index (χ1v) is 7.03. The summed E-state index contributed by atoms with van der Waals surface area (Å²) in [4.78, 5) is 12.3. The van der Waals surface area contributed by atoms with Gasteiger partial charge in [0.15, 0.2) is 0 Å². The molecule has 1 amide bonds. The van der Waals surface area contributed by atoms with Crippen molar-refractivity contribution in [2.24, 2.45) is 5.41 Å². The highest BCUT2D eigenvalue weighted by atomic mass is 35.5. The number of halogens is 1. The van der Waals surface area contributed by atoms with Crippen molar-refractivity contribution in [2.45, 2.75) is 19.9 Å². The first-order chi connectivity index (χ1) is 9.54. The summed E-state index contributed by atoms with van der Waals surface area (Å²) in [5.74, 6) is 0.867. The Kier molecular flexibility index (Phi) is 4.50. The minimum Gasteiger partial charge on any atom is -0.467 e. The third-order valence-corrected chi connectivity index (χ3v) is 3.85. The highest BCUT2D eigenvalue weighted by Crippen LogP contribution is 2.25. The number of carbonyl (C=O) groups is 1. The van der Waals surface area contributed by atoms with Gasteiger partial charge < -0.3 is 9.73 Å². The van der Waals surface area contributed by atoms with E-state index in [1.165, 1.54) is 0 Å². The van der Waals surface area contributed by atoms with Gasteiger partial charge in [0.25, 0.3) is 0 Å². The molecule has 0 aliphatic carbocycles. The Labute approximate surface area is 123 Å². The van der Waals surface area contributed by atoms with E-state index in [0.717, 1.165) is 5.56 Å². The molecule has 0 saturated heterocycles. The summed E-state index contributed by atoms with van der Waals surface area (Å²) < 4.78 is 5.45. The van der Waals surface area contributed by atoms with Gasteiger partial charge in [0.2, 0.25) is 5.91 Å². The van der Waals surface area contributed by atoms with Gasteiger partial charge >= 0.3 is 0 Å². The fourth-order valence-electron chi connectivity index (χ4n) is 1.81. The number of hydrogen-bond acceptors (Lipinski definition) is 2. The fraction of sp³-hybridized carbons (Fsp3) is 0.312. The van der Waals surface area contributed by atoms with E-state index in [4.69, 9.17) is 16.0 Å². The van der Waals surface area contributed by atoms with Crippen LogP contribution in [0.3, 0.4) is 0 Å². The van der Waals surface area contributed by atoms with Gasteiger partial charge in [0.1, 0.15) is 11.8 Å². The van der Waals surface area contributed by atoms with E-state index in [9.17, 15) is 4.79 Å². The van der Waals surface area contributed by atoms with Crippen LogP contribution in [0.2, 0.25) is 0 Å². The van der Waals surface area contributed by atoms with Crippen molar-refractivity contribution >= 4 is 17.5 Å². The van der Waals surface area contributed by atoms with Crippen LogP contribution < -0.4 is 5.32 Å². The molecule has 0 spiro atoms. The maximum Gasteiger partial charge on any atom is 0.227 e. The zero-order valence-electron chi connectivity index (χ0n) is 11.6. The SMILES string of the molecule is CC(C)(CCl)C(=O)NC(c1ccccc1)c1ccco1. The second kappa shape index (κ2) is 6.14. The lowest BCUT2D eigenvalue weighted by atomic mass is 9.93. The second-order valence-electron chi connectivity index (χ2n) is 5.35. The monoisotopic (exact) mass is 291 g/mol. The number of nitrogens with one attached hydrogen (secondary N) is 1. The maximum absolute atomic E-state index is 12.3. The lowest BCUT2D eigenvalue weighted by molar-refractivity contribution is -0.128. The van der Waals surface area contributed by atoms with Crippen LogP contribution in [-0.4, -0.2) is 11.8 Å². The standard InChI is InChI=1S/C16H18ClNO2/c1-16(2,11-17)15(19)18-14(13-9-6-10-20-13)12-7-4-3-5-8-12/h3-10,14H,11H2,1-2H3,(H,18,19). The average Bonchev–Trinajstić information content (AvgIpc) is 2.99. The number of benzene rings is 1. The molecule has 20 heavy (non-hydrogen) atoms. The molecule has 2 rings (SSSR count). The summed E-state index contributed by atoms with van der Waals surface area (Å²) in [7, 11) is 0. The number of hydrogen-bond donors (Lipinski definition) is 1. The van der Waals surface area contributed by atoms with Gasteiger partial charge in [-0.2, -0.15) is 0 Å². The van der Waals surface area contributed by atoms with Crippen LogP contribution in [0.15, 0.2) is 53.1 Å². The van der Waals surface area contributed by atoms with E-state index in [-0.39, 0.29) is 17.8 Å². The van der Waals surface area contributed by atoms with Crippen molar-refractivity contribution in [2.75, 3.05) is 5.88 Å². The Morgan fingerprint density at radius 1 is 1.25 bits per heavy atom. The zero-order valence-corrected chi connectivity index (χ0v) is 12.4. The molecule has 1 unspecified atom stereocenters. The van der Waals surface area contributed by atoms with Crippen LogP contribution in [0.4, 0.5) is 0 Å². The predicted molar refractivity (Wildman–Crippen MR) is 79.6 cm³/mol. The predicted octanol–water partition coefficient (Wildman–Crippen LogP) is 3.75. The van der Waals surface area contributed by atoms with E-state index in [1.54, 1.807) is 6.26 Å². The summed E-state index contributed by atoms with van der Waals surface area (Å²) in [6.07, 6.45) is 1.60. The molecule has 1 aromatic carbocycles. The lowest BCUT2D eigenvalue weighted by Gasteiger charge is -2.25. The van der Waals surface area contributed by atoms with E-state index in [1.807, 2.05) is 56.3 Å². The Bertz CT molecular complexity index is 549. The minimum atomic E-state index is -0.624. The van der Waals surface area contributed by atoms with E-state index in [2.05, 4.69) is 5.32 Å². The van der Waals surface area contributed by atoms with Gasteiger partial charge in [-0.3, -0.25) is 4.79 Å². The molecule has 0 bridgehead atoms. The van der Waals surface area contributed by atoms with Crippen molar-refractivity contribution in [1.29, 1.82) is 0 Å². The molecule has 4 heteroatoms. The quantitative estimate of drug-likeness (QED) is 0.853. The summed E-state index contributed by atoms with van der Waals surface area (Å²) in [6, 6.07) is 13.1. The molecule has 2 aromatic rings. The van der Waals surface area contributed by atoms with Gasteiger partial charge in [-0.25, -0.2) is 0 Å². The van der Waals surface area contributed by atoms with Crippen molar-refractivity contribution in [1.82, 2.24) is 5.32 Å². The van der Waals surface area contributed by atoms with Gasteiger partial charge in [0, 0.05) is 5.88 Å². The molecule has 1 atom stereocenters. The summed E-state index contributed by atoms with van der Waals surface area (Å²) in [6.45, 7) is 3.64. The Morgan fingerprint density at radius 2 is 1.95 bits per heavy atom. The van der Waals surface area contributed by atoms with Crippen LogP contribution in [0.5, 0.6) is 0 Å². The van der Waals surface area contributed by atoms with Crippen LogP contribution in [0.25, 0.3) is 0 Å². The number of carbonyl (C=O) groups excluding carboxylic acids is 1. The molecule has 3 nitrogen and oxygen atoms in total. The topological polar surface area (TPSA) is 42.2 Å². The Morgan fingerprint density at radius 3 is 2.50 bits per heavy atom. The van der Waals surface area contributed by atoms with Gasteiger partial charge in [0.05, 0.1) is 11.7 Å². The van der Waals surface area contributed by atoms with Crippen molar-refractivity contribution in [3.8, 4) is 0 Å². The molecule has 1 N–H and O–H groups in total. The number of alkyl halides is 1. The Balaban J connectivity index is 2.28. The molecular formula is C16H18ClNO2. The van der Waals surface area contributed by atoms with E-state index in [0.29, 0.717) is 5.76 Å². The third-order valence-electron chi connectivity index (χ3n) is 3.18. The van der Waals surface area contributed by atoms with Crippen molar-refractivity contribution < 1.29 is 9.21 Å². The van der Waals surface area contributed by atoms with Gasteiger partial charge in [-0.1, -0.05) is 30.3 Å². The van der Waals surface area contributed by atoms with E-state index >= 15 is 0 Å². The lowest BCUT2D eigenvalue weighted by Crippen LogP contribution is -2.40. The molecule has 0 aliphatic rings. The van der Waals surface area contributed by atoms with Crippen molar-refractivity contribution in [3.63, 3.8) is 0 Å².